The fourth-order valence-electron chi connectivity index (χ4n) is 20.9. The zero-order valence-electron chi connectivity index (χ0n) is 85.6. The van der Waals surface area contributed by atoms with Crippen molar-refractivity contribution in [3.63, 3.8) is 0 Å². The number of carbonyl (C=O) groups excluding carboxylic acids is 1. The van der Waals surface area contributed by atoms with Crippen molar-refractivity contribution in [1.29, 1.82) is 0 Å². The SMILES string of the molecule is CCCn1c(C2CCN(C)CC2)nc(-c2ccc(Cl)c(Cl)c2)c1-c1ccnc(NC2CC2)n1.CCCn1c(C2CCN(C)CC2)nc(-c2ccc(Cl)c(Cl)c2)c1-c1ccnc(N[C@@H](C)c2ccccc2)n1.CCCn1c(C2CCNCC2)nc(-c2ccc(Cl)c(Cl)c2)c1-c1ccnc(NC2CCCCC2)n1.O=C(OCc1ccccc1)N1CCC(c2nc(-c3ccc(Cl)c(Cl)c3)c(-c3ccnc(NC4CC4)n3)n2CC2CC2)CC1. The minimum atomic E-state index is -0.266. The molecule has 8 aliphatic rings. The molecule has 1 amide bonds. The van der Waals surface area contributed by atoms with E-state index >= 15 is 0 Å². The van der Waals surface area contributed by atoms with Gasteiger partial charge in [-0.25, -0.2) is 64.6 Å². The first-order chi connectivity index (χ1) is 72.6. The second-order valence-corrected chi connectivity index (χ2v) is 44.1. The Morgan fingerprint density at radius 1 is 0.369 bits per heavy atom. The van der Waals surface area contributed by atoms with E-state index in [2.05, 4.69) is 129 Å². The van der Waals surface area contributed by atoms with Gasteiger partial charge >= 0.3 is 6.09 Å². The second-order valence-electron chi connectivity index (χ2n) is 40.8. The number of amides is 1. The van der Waals surface area contributed by atoms with Crippen LogP contribution in [0.1, 0.15) is 233 Å². The van der Waals surface area contributed by atoms with Crippen LogP contribution in [0.15, 0.2) is 183 Å². The Labute approximate surface area is 914 Å². The largest absolute Gasteiger partial charge is 0.445 e. The van der Waals surface area contributed by atoms with Gasteiger partial charge in [-0.3, -0.25) is 0 Å². The maximum Gasteiger partial charge on any atom is 0.410 e. The zero-order chi connectivity index (χ0) is 103. The summed E-state index contributed by atoms with van der Waals surface area (Å²) in [6.07, 6.45) is 31.5. The van der Waals surface area contributed by atoms with Crippen LogP contribution in [0.2, 0.25) is 40.2 Å². The van der Waals surface area contributed by atoms with Crippen molar-refractivity contribution in [3.05, 3.63) is 257 Å². The van der Waals surface area contributed by atoms with Gasteiger partial charge in [-0.1, -0.05) is 218 Å². The molecule has 0 radical (unpaired) electrons. The Hall–Kier alpha value is -10.9. The maximum absolute atomic E-state index is 12.9. The third-order valence-electron chi connectivity index (χ3n) is 29.4. The lowest BCUT2D eigenvalue weighted by Gasteiger charge is -2.31. The van der Waals surface area contributed by atoms with Crippen molar-refractivity contribution in [2.75, 3.05) is 87.7 Å². The molecule has 0 unspecified atom stereocenters. The summed E-state index contributed by atoms with van der Waals surface area (Å²) in [5.74, 6) is 9.11. The highest BCUT2D eigenvalue weighted by Gasteiger charge is 2.38. The van der Waals surface area contributed by atoms with E-state index in [1.165, 1.54) is 63.4 Å². The molecule has 34 heteroatoms. The Bertz CT molecular complexity index is 6890. The number of imidazole rings is 4. The number of benzene rings is 6. The molecule has 0 spiro atoms. The van der Waals surface area contributed by atoms with Gasteiger partial charge in [-0.2, -0.15) is 0 Å². The predicted octanol–water partition coefficient (Wildman–Crippen LogP) is 28.6. The molecule has 8 aromatic heterocycles. The molecule has 0 bridgehead atoms. The molecule has 4 saturated heterocycles. The molecule has 1 atom stereocenters. The first-order valence-corrected chi connectivity index (χ1v) is 56.4. The standard InChI is InChI=1S/C33H34Cl2N6O2.C30H34Cl2N6.C27H34Cl2N6.C25H30Cl2N6/c34-26-11-8-24(18-27(26)35)29-30(28-12-15-36-32(38-28)37-25-9-10-25)41(19-21-6-7-21)31(39-29)23-13-16-40(17-14-23)33(42)43-20-22-4-2-1-3-5-22;1-4-16-38-28(26-12-15-33-30(35-26)34-20(2)21-8-6-5-7-9-21)27(23-10-11-24(31)25(32)19-23)36-29(38)22-13-17-37(3)18-14-22;1-2-16-35-25(23-12-15-31-27(33-23)32-20-6-4-3-5-7-20)24(19-8-9-21(28)22(29)17-19)34-26(35)18-10-13-30-14-11-18;1-3-12-33-23(21-8-11-28-25(30-21)29-18-5-6-18)22(17-4-7-19(26)20(27)15-17)31-24(33)16-9-13-32(2)14-10-16/h1-5,8,11-12,15,18,21,23,25H,6-7,9-10,13-14,16-17,19-20H2,(H,36,37,38);5-12,15,19-20,22H,4,13-14,16-18H2,1-3H3,(H,33,34,35);8-9,12,15,17-18,20,30H,2-7,10-11,13-14,16H2,1H3,(H,31,32,33);4,7-8,11,15-16,18H,3,5-6,9-10,12-14H2,1-2H3,(H,28,29,30)/t;20-;;/m.0../s1. The number of hydrogen-bond donors (Lipinski definition) is 5. The quantitative estimate of drug-likeness (QED) is 0.0270. The highest BCUT2D eigenvalue weighted by molar-refractivity contribution is 6.44. The molecule has 14 aromatic rings. The number of halogens is 8. The molecule has 12 heterocycles. The van der Waals surface area contributed by atoms with Gasteiger partial charge in [-0.15, -0.1) is 0 Å². The van der Waals surface area contributed by atoms with Crippen LogP contribution in [0.3, 0.4) is 0 Å². The average molecular weight is 2170 g/mol. The van der Waals surface area contributed by atoms with Crippen LogP contribution in [0, 0.1) is 5.92 Å². The van der Waals surface area contributed by atoms with Crippen molar-refractivity contribution in [2.45, 2.75) is 250 Å². The van der Waals surface area contributed by atoms with Gasteiger partial charge in [0, 0.05) is 128 Å². The van der Waals surface area contributed by atoms with E-state index in [-0.39, 0.29) is 24.7 Å². The number of nitrogens with zero attached hydrogens (tertiary/aromatic N) is 19. The Kier molecular flexibility index (Phi) is 35.9. The molecule has 780 valence electrons. The summed E-state index contributed by atoms with van der Waals surface area (Å²) in [5, 5.41) is 21.6. The normalized spacial score (nSPS) is 16.9. The van der Waals surface area contributed by atoms with E-state index in [1.54, 1.807) is 0 Å². The third-order valence-corrected chi connectivity index (χ3v) is 32.4. The number of likely N-dealkylation sites (tertiary alicyclic amines) is 3. The summed E-state index contributed by atoms with van der Waals surface area (Å²) in [6.45, 7) is 20.1. The summed E-state index contributed by atoms with van der Waals surface area (Å²) in [7, 11) is 4.38. The van der Waals surface area contributed by atoms with Gasteiger partial charge in [0.2, 0.25) is 23.8 Å². The van der Waals surface area contributed by atoms with Crippen molar-refractivity contribution >= 4 is 123 Å². The van der Waals surface area contributed by atoms with Crippen molar-refractivity contribution in [3.8, 4) is 90.6 Å². The lowest BCUT2D eigenvalue weighted by Crippen LogP contribution is -2.38. The van der Waals surface area contributed by atoms with Gasteiger partial charge in [0.05, 0.1) is 115 Å². The number of carbonyl (C=O) groups is 1. The molecular weight excluding hydrogens is 2030 g/mol. The molecule has 26 nitrogen and oxygen atoms in total. The summed E-state index contributed by atoms with van der Waals surface area (Å²) in [6, 6.07) is 52.4. The van der Waals surface area contributed by atoms with Crippen LogP contribution in [0.5, 0.6) is 0 Å². The van der Waals surface area contributed by atoms with E-state index in [4.69, 9.17) is 137 Å². The summed E-state index contributed by atoms with van der Waals surface area (Å²) >= 11 is 50.9. The minimum absolute atomic E-state index is 0.0661. The third kappa shape index (κ3) is 26.7. The number of aromatic nitrogens is 16. The zero-order valence-corrected chi connectivity index (χ0v) is 91.7. The molecular formula is C115H132Cl8N24O2. The lowest BCUT2D eigenvalue weighted by molar-refractivity contribution is 0.0864. The molecule has 8 fully saturated rings. The number of rotatable bonds is 31. The van der Waals surface area contributed by atoms with Crippen LogP contribution in [-0.2, 0) is 37.5 Å². The molecule has 5 N–H and O–H groups in total. The number of hydrogen-bond acceptors (Lipinski definition) is 21. The smallest absolute Gasteiger partial charge is 0.410 e. The average Bonchev–Trinajstić information content (AvgIpc) is 1.63. The highest BCUT2D eigenvalue weighted by Crippen LogP contribution is 2.48. The molecule has 4 aliphatic carbocycles. The van der Waals surface area contributed by atoms with Gasteiger partial charge in [0.1, 0.15) is 29.9 Å². The minimum Gasteiger partial charge on any atom is -0.445 e. The molecule has 4 saturated carbocycles. The van der Waals surface area contributed by atoms with E-state index in [0.29, 0.717) is 119 Å². The molecule has 4 aliphatic heterocycles. The summed E-state index contributed by atoms with van der Waals surface area (Å²) < 4.78 is 15.2. The number of anilines is 4. The molecule has 149 heavy (non-hydrogen) atoms. The van der Waals surface area contributed by atoms with Gasteiger partial charge in [0.15, 0.2) is 0 Å². The first-order valence-electron chi connectivity index (χ1n) is 53.3. The fraction of sp³-hybridized carbons (Fsp3) is 0.435. The monoisotopic (exact) mass is 2160 g/mol. The number of piperidine rings is 4. The maximum atomic E-state index is 12.9. The predicted molar refractivity (Wildman–Crippen MR) is 605 cm³/mol. The summed E-state index contributed by atoms with van der Waals surface area (Å²) in [4.78, 5) is 78.6. The summed E-state index contributed by atoms with van der Waals surface area (Å²) in [5.41, 5.74) is 16.9. The molecule has 6 aromatic carbocycles. The van der Waals surface area contributed by atoms with Crippen LogP contribution < -0.4 is 26.6 Å². The fourth-order valence-corrected chi connectivity index (χ4v) is 22.1. The van der Waals surface area contributed by atoms with E-state index < -0.39 is 0 Å². The van der Waals surface area contributed by atoms with Gasteiger partial charge in [0.25, 0.3) is 0 Å². The van der Waals surface area contributed by atoms with E-state index in [9.17, 15) is 4.79 Å². The van der Waals surface area contributed by atoms with Gasteiger partial charge in [-0.05, 0) is 272 Å². The number of ether oxygens (including phenoxy) is 1. The van der Waals surface area contributed by atoms with E-state index in [0.717, 1.165) is 268 Å². The van der Waals surface area contributed by atoms with Crippen molar-refractivity contribution in [2.24, 2.45) is 5.92 Å². The van der Waals surface area contributed by atoms with Crippen LogP contribution in [0.25, 0.3) is 90.6 Å². The Balaban J connectivity index is 0.000000125. The second kappa shape index (κ2) is 50.2. The van der Waals surface area contributed by atoms with E-state index in [1.807, 2.05) is 175 Å². The Morgan fingerprint density at radius 3 is 1.07 bits per heavy atom. The topological polar surface area (TPSA) is 271 Å². The Morgan fingerprint density at radius 2 is 0.705 bits per heavy atom. The van der Waals surface area contributed by atoms with Crippen LogP contribution >= 0.6 is 92.8 Å². The highest BCUT2D eigenvalue weighted by atomic mass is 35.5. The first kappa shape index (κ1) is 107. The molecule has 22 rings (SSSR count). The van der Waals surface area contributed by atoms with Crippen LogP contribution in [0.4, 0.5) is 28.6 Å². The van der Waals surface area contributed by atoms with Gasteiger partial charge < -0.3 is 64.3 Å². The lowest BCUT2D eigenvalue weighted by atomic mass is 9.96. The number of nitrogens with one attached hydrogen (secondary N) is 5. The van der Waals surface area contributed by atoms with Crippen molar-refractivity contribution in [1.82, 2.24) is 98.1 Å². The van der Waals surface area contributed by atoms with Crippen molar-refractivity contribution < 1.29 is 9.53 Å². The van der Waals surface area contributed by atoms with Crippen LogP contribution in [-0.4, -0.2) is 183 Å².